The van der Waals surface area contributed by atoms with Gasteiger partial charge in [0.25, 0.3) is 0 Å². The predicted octanol–water partition coefficient (Wildman–Crippen LogP) is -0.265. The van der Waals surface area contributed by atoms with Crippen molar-refractivity contribution in [3.63, 3.8) is 0 Å². The topological polar surface area (TPSA) is 49.8 Å². The summed E-state index contributed by atoms with van der Waals surface area (Å²) < 4.78 is 4.84. The van der Waals surface area contributed by atoms with Crippen LogP contribution in [0.25, 0.3) is 0 Å². The van der Waals surface area contributed by atoms with E-state index in [1.807, 2.05) is 0 Å². The summed E-state index contributed by atoms with van der Waals surface area (Å²) in [6.45, 7) is 0. The first-order valence-electron chi connectivity index (χ1n) is 0.874. The van der Waals surface area contributed by atoms with Crippen LogP contribution in [0.4, 0.5) is 0 Å². The zero-order valence-electron chi connectivity index (χ0n) is 2.35. The Morgan fingerprint density at radius 1 is 2.00 bits per heavy atom. The van der Waals surface area contributed by atoms with Gasteiger partial charge in [-0.1, -0.05) is 0 Å². The molecule has 0 saturated heterocycles. The van der Waals surface area contributed by atoms with Crippen LogP contribution in [0.15, 0.2) is 0 Å². The van der Waals surface area contributed by atoms with Crippen LogP contribution in [-0.2, 0) is 0 Å². The summed E-state index contributed by atoms with van der Waals surface area (Å²) in [5, 5.41) is 7.70. The average Bonchev–Trinajstić information content (AvgIpc) is 1.38. The number of hydrogen-bond acceptors (Lipinski definition) is 2. The van der Waals surface area contributed by atoms with Gasteiger partial charge in [0.15, 0.2) is 0 Å². The van der Waals surface area contributed by atoms with E-state index in [1.165, 1.54) is 0 Å². The third-order valence-electron chi connectivity index (χ3n) is 0.0955. The summed E-state index contributed by atoms with van der Waals surface area (Å²) in [5.74, 6) is 0. The van der Waals surface area contributed by atoms with Crippen molar-refractivity contribution >= 4 is 23.9 Å². The van der Waals surface area contributed by atoms with E-state index >= 15 is 0 Å². The molecule has 0 aromatic heterocycles. The van der Waals surface area contributed by atoms with Gasteiger partial charge < -0.3 is 0 Å². The van der Waals surface area contributed by atoms with Crippen LogP contribution in [0.5, 0.6) is 0 Å². The molecule has 0 aliphatic carbocycles. The summed E-state index contributed by atoms with van der Waals surface area (Å²) in [6.07, 6.45) is 0. The fourth-order valence-electron chi connectivity index (χ4n) is 0. The predicted molar refractivity (Wildman–Crippen MR) is 21.4 cm³/mol. The third kappa shape index (κ3) is 4.30. The maximum absolute atomic E-state index is 7.70. The van der Waals surface area contributed by atoms with Gasteiger partial charge in [0.2, 0.25) is 0 Å². The second kappa shape index (κ2) is 2.53. The zero-order chi connectivity index (χ0) is 4.28. The Bertz CT molecular complexity index is 55.2. The summed E-state index contributed by atoms with van der Waals surface area (Å²) in [5.41, 5.74) is 0. The molecule has 0 heterocycles. The molecule has 0 aliphatic heterocycles. The van der Waals surface area contributed by atoms with E-state index in [1.54, 1.807) is 4.86 Å². The summed E-state index contributed by atoms with van der Waals surface area (Å²) >= 11 is -1.92. The molecular weight excluding hydrogens is 150 g/mol. The first kappa shape index (κ1) is 5.30. The number of nitrogens with zero attached hydrogens (tertiary/aromatic N) is 1. The Labute approximate surface area is 39.2 Å². The van der Waals surface area contributed by atoms with E-state index in [0.29, 0.717) is 0 Å². The molecule has 28 valence electrons. The molecule has 0 fully saturated rings. The molecule has 1 atom stereocenters. The molecule has 0 spiro atoms. The fraction of sp³-hybridized carbons (Fsp3) is 0. The van der Waals surface area contributed by atoms with Crippen LogP contribution in [0.2, 0.25) is 0 Å². The molecule has 0 aromatic carbocycles. The van der Waals surface area contributed by atoms with Crippen LogP contribution >= 0.6 is 9.95 Å². The Balaban J connectivity index is 2.94. The molecule has 1 unspecified atom stereocenters. The van der Waals surface area contributed by atoms with Gasteiger partial charge >= 0.3 is 38.7 Å². The Morgan fingerprint density at radius 2 is 2.20 bits per heavy atom. The van der Waals surface area contributed by atoms with E-state index in [9.17, 15) is 0 Å². The zero-order valence-corrected chi connectivity index (χ0v) is 4.98. The van der Waals surface area contributed by atoms with E-state index in [2.05, 4.69) is 0 Å². The number of nitriles is 1. The van der Waals surface area contributed by atoms with Crippen molar-refractivity contribution in [1.82, 2.24) is 0 Å². The summed E-state index contributed by atoms with van der Waals surface area (Å²) in [6, 6.07) is 0. The second-order valence-corrected chi connectivity index (χ2v) is 4.03. The number of hydrogen-bond donors (Lipinski definition) is 1. The Morgan fingerprint density at radius 3 is 2.20 bits per heavy atom. The van der Waals surface area contributed by atoms with Crippen molar-refractivity contribution < 1.29 is 0 Å². The third-order valence-corrected chi connectivity index (χ3v) is 0.889. The van der Waals surface area contributed by atoms with Gasteiger partial charge in [-0.3, -0.25) is 0 Å². The monoisotopic (exact) mass is 152 g/mol. The molecule has 0 aromatic rings. The summed E-state index contributed by atoms with van der Waals surface area (Å²) in [7, 11) is 5.02. The molecule has 0 aliphatic rings. The normalized spacial score (nSPS) is 13.0. The molecule has 2 N–H and O–H groups in total. The average molecular weight is 152 g/mol. The minimum absolute atomic E-state index is 1.72. The van der Waals surface area contributed by atoms with Crippen LogP contribution in [0.3, 0.4) is 0 Å². The number of rotatable bonds is 0. The van der Waals surface area contributed by atoms with E-state index in [4.69, 9.17) is 19.9 Å². The van der Waals surface area contributed by atoms with Crippen molar-refractivity contribution in [3.8, 4) is 4.86 Å². The molecule has 0 amide bonds. The van der Waals surface area contributed by atoms with Crippen molar-refractivity contribution in [2.24, 2.45) is 4.65 Å². The van der Waals surface area contributed by atoms with E-state index in [-0.39, 0.29) is 0 Å². The fourth-order valence-corrected chi connectivity index (χ4v) is 0. The molecule has 2 nitrogen and oxygen atoms in total. The molecule has 0 saturated carbocycles. The van der Waals surface area contributed by atoms with Crippen molar-refractivity contribution in [1.29, 1.82) is 5.26 Å². The van der Waals surface area contributed by atoms with Crippen LogP contribution in [-0.4, -0.2) is 13.9 Å². The van der Waals surface area contributed by atoms with E-state index in [0.717, 1.165) is 0 Å². The van der Waals surface area contributed by atoms with Crippen LogP contribution in [0, 0.1) is 10.1 Å². The Hall–Kier alpha value is 0.298. The van der Waals surface area contributed by atoms with Gasteiger partial charge in [0.1, 0.15) is 0 Å². The summed E-state index contributed by atoms with van der Waals surface area (Å²) in [4.78, 5) is 1.72. The SMILES string of the molecule is N#C[As](N)Cl. The van der Waals surface area contributed by atoms with E-state index < -0.39 is 13.9 Å². The molecule has 0 rings (SSSR count). The van der Waals surface area contributed by atoms with Crippen LogP contribution < -0.4 is 4.65 Å². The Kier molecular flexibility index (Phi) is 2.68. The van der Waals surface area contributed by atoms with Gasteiger partial charge in [0, 0.05) is 0 Å². The van der Waals surface area contributed by atoms with Gasteiger partial charge in [-0.15, -0.1) is 0 Å². The van der Waals surface area contributed by atoms with Gasteiger partial charge in [-0.25, -0.2) is 0 Å². The molecular formula is CH2AsClN2. The number of halogens is 1. The van der Waals surface area contributed by atoms with Gasteiger partial charge in [-0.05, 0) is 0 Å². The standard InChI is InChI=1S/CH2AsClN2/c3-2(5)1-4/h5H2. The second-order valence-electron chi connectivity index (χ2n) is 0.411. The molecule has 0 radical (unpaired) electrons. The quantitative estimate of drug-likeness (QED) is 0.486. The number of nitrogens with two attached hydrogens (primary N) is 1. The van der Waals surface area contributed by atoms with Crippen molar-refractivity contribution in [2.45, 2.75) is 0 Å². The first-order chi connectivity index (χ1) is 2.27. The first-order valence-corrected chi connectivity index (χ1v) is 5.36. The van der Waals surface area contributed by atoms with Crippen molar-refractivity contribution in [3.05, 3.63) is 0 Å². The van der Waals surface area contributed by atoms with Crippen molar-refractivity contribution in [2.75, 3.05) is 0 Å². The molecule has 0 bridgehead atoms. The van der Waals surface area contributed by atoms with Crippen LogP contribution in [0.1, 0.15) is 0 Å². The molecule has 4 heteroatoms. The minimum atomic E-state index is -1.92. The van der Waals surface area contributed by atoms with Gasteiger partial charge in [-0.2, -0.15) is 0 Å². The maximum atomic E-state index is 7.70. The van der Waals surface area contributed by atoms with Gasteiger partial charge in [0.05, 0.1) is 0 Å². The molecule has 5 heavy (non-hydrogen) atoms.